The normalized spacial score (nSPS) is 15.1. The van der Waals surface area contributed by atoms with Crippen LogP contribution in [0.2, 0.25) is 5.02 Å². The molecule has 6 nitrogen and oxygen atoms in total. The molecule has 1 amide bonds. The lowest BCUT2D eigenvalue weighted by atomic mass is 10.0. The number of halogens is 1. The molecule has 1 aromatic heterocycles. The highest BCUT2D eigenvalue weighted by Gasteiger charge is 2.22. The third-order valence-corrected chi connectivity index (χ3v) is 5.67. The van der Waals surface area contributed by atoms with Crippen molar-refractivity contribution in [3.63, 3.8) is 0 Å². The second kappa shape index (κ2) is 10.1. The van der Waals surface area contributed by atoms with Crippen molar-refractivity contribution in [2.75, 3.05) is 38.7 Å². The molecule has 0 spiro atoms. The van der Waals surface area contributed by atoms with Crippen LogP contribution in [0.25, 0.3) is 0 Å². The number of benzene rings is 1. The number of nitrogens with one attached hydrogen (secondary N) is 1. The van der Waals surface area contributed by atoms with Crippen molar-refractivity contribution in [3.05, 3.63) is 52.2 Å². The van der Waals surface area contributed by atoms with Gasteiger partial charge in [-0.05, 0) is 56.0 Å². The SMILES string of the molecule is CCOc1cc(CN2CCC(NC(=O)c3cnc(N(C)C)c(C)c3)CC2)ccc1Cl. The molecule has 1 aliphatic rings. The first-order valence-electron chi connectivity index (χ1n) is 10.5. The van der Waals surface area contributed by atoms with Crippen LogP contribution in [0.5, 0.6) is 5.75 Å². The van der Waals surface area contributed by atoms with E-state index >= 15 is 0 Å². The van der Waals surface area contributed by atoms with E-state index in [0.717, 1.165) is 49.6 Å². The number of nitrogens with zero attached hydrogens (tertiary/aromatic N) is 3. The Labute approximate surface area is 184 Å². The van der Waals surface area contributed by atoms with Gasteiger partial charge in [-0.25, -0.2) is 4.98 Å². The van der Waals surface area contributed by atoms with Crippen molar-refractivity contribution in [1.82, 2.24) is 15.2 Å². The lowest BCUT2D eigenvalue weighted by Gasteiger charge is -2.32. The summed E-state index contributed by atoms with van der Waals surface area (Å²) < 4.78 is 5.59. The minimum absolute atomic E-state index is 0.0478. The van der Waals surface area contributed by atoms with Gasteiger partial charge in [0, 0.05) is 46.0 Å². The van der Waals surface area contributed by atoms with Gasteiger partial charge in [0.15, 0.2) is 0 Å². The summed E-state index contributed by atoms with van der Waals surface area (Å²) >= 11 is 6.18. The number of hydrogen-bond acceptors (Lipinski definition) is 5. The summed E-state index contributed by atoms with van der Waals surface area (Å²) in [6, 6.07) is 8.06. The van der Waals surface area contributed by atoms with Crippen LogP contribution >= 0.6 is 11.6 Å². The summed E-state index contributed by atoms with van der Waals surface area (Å²) in [7, 11) is 3.90. The number of piperidine rings is 1. The Hall–Kier alpha value is -2.31. The van der Waals surface area contributed by atoms with Crippen LogP contribution in [-0.2, 0) is 6.54 Å². The molecule has 1 fully saturated rings. The molecular formula is C23H31ClN4O2. The van der Waals surface area contributed by atoms with Crippen molar-refractivity contribution in [1.29, 1.82) is 0 Å². The number of anilines is 1. The van der Waals surface area contributed by atoms with Crippen LogP contribution in [-0.4, -0.2) is 55.6 Å². The van der Waals surface area contributed by atoms with Crippen LogP contribution < -0.4 is 15.0 Å². The van der Waals surface area contributed by atoms with Crippen LogP contribution in [0.1, 0.15) is 41.3 Å². The minimum atomic E-state index is -0.0478. The summed E-state index contributed by atoms with van der Waals surface area (Å²) in [4.78, 5) is 21.4. The van der Waals surface area contributed by atoms with Crippen LogP contribution in [0.3, 0.4) is 0 Å². The number of pyridine rings is 1. The van der Waals surface area contributed by atoms with E-state index in [9.17, 15) is 4.79 Å². The molecule has 0 saturated carbocycles. The highest BCUT2D eigenvalue weighted by Crippen LogP contribution is 2.26. The monoisotopic (exact) mass is 430 g/mol. The van der Waals surface area contributed by atoms with E-state index in [1.54, 1.807) is 6.20 Å². The quantitative estimate of drug-likeness (QED) is 0.721. The maximum Gasteiger partial charge on any atom is 0.253 e. The predicted molar refractivity (Wildman–Crippen MR) is 122 cm³/mol. The number of aryl methyl sites for hydroxylation is 1. The average molecular weight is 431 g/mol. The van der Waals surface area contributed by atoms with Crippen molar-refractivity contribution in [2.24, 2.45) is 0 Å². The predicted octanol–water partition coefficient (Wildman–Crippen LogP) is 3.90. The van der Waals surface area contributed by atoms with Gasteiger partial charge in [0.25, 0.3) is 5.91 Å². The minimum Gasteiger partial charge on any atom is -0.492 e. The van der Waals surface area contributed by atoms with Gasteiger partial charge in [0.1, 0.15) is 11.6 Å². The second-order valence-electron chi connectivity index (χ2n) is 7.98. The van der Waals surface area contributed by atoms with E-state index in [2.05, 4.69) is 15.2 Å². The first kappa shape index (κ1) is 22.4. The van der Waals surface area contributed by atoms with E-state index in [1.165, 1.54) is 5.56 Å². The molecule has 3 rings (SSSR count). The smallest absolute Gasteiger partial charge is 0.253 e. The van der Waals surface area contributed by atoms with Crippen LogP contribution in [0, 0.1) is 6.92 Å². The van der Waals surface area contributed by atoms with Gasteiger partial charge in [-0.2, -0.15) is 0 Å². The molecule has 0 unspecified atom stereocenters. The zero-order valence-electron chi connectivity index (χ0n) is 18.2. The van der Waals surface area contributed by atoms with E-state index in [1.807, 2.05) is 57.1 Å². The first-order valence-corrected chi connectivity index (χ1v) is 10.8. The van der Waals surface area contributed by atoms with Crippen molar-refractivity contribution in [3.8, 4) is 5.75 Å². The second-order valence-corrected chi connectivity index (χ2v) is 8.39. The molecule has 1 aromatic carbocycles. The Morgan fingerprint density at radius 2 is 2.03 bits per heavy atom. The summed E-state index contributed by atoms with van der Waals surface area (Å²) in [6.45, 7) is 7.26. The molecule has 1 saturated heterocycles. The molecule has 162 valence electrons. The van der Waals surface area contributed by atoms with Gasteiger partial charge in [-0.15, -0.1) is 0 Å². The molecule has 0 radical (unpaired) electrons. The summed E-state index contributed by atoms with van der Waals surface area (Å²) in [5.41, 5.74) is 2.80. The molecule has 30 heavy (non-hydrogen) atoms. The van der Waals surface area contributed by atoms with Gasteiger partial charge in [0.05, 0.1) is 17.2 Å². The molecule has 1 aliphatic heterocycles. The Balaban J connectivity index is 1.51. The molecule has 2 heterocycles. The number of aromatic nitrogens is 1. The summed E-state index contributed by atoms with van der Waals surface area (Å²) in [5.74, 6) is 1.57. The lowest BCUT2D eigenvalue weighted by molar-refractivity contribution is 0.0908. The average Bonchev–Trinajstić information content (AvgIpc) is 2.71. The lowest BCUT2D eigenvalue weighted by Crippen LogP contribution is -2.44. The zero-order valence-corrected chi connectivity index (χ0v) is 19.0. The van der Waals surface area contributed by atoms with Gasteiger partial charge < -0.3 is 15.0 Å². The fourth-order valence-electron chi connectivity index (χ4n) is 3.83. The van der Waals surface area contributed by atoms with E-state index < -0.39 is 0 Å². The fraction of sp³-hybridized carbons (Fsp3) is 0.478. The number of hydrogen-bond donors (Lipinski definition) is 1. The number of amides is 1. The molecule has 2 aromatic rings. The highest BCUT2D eigenvalue weighted by atomic mass is 35.5. The van der Waals surface area contributed by atoms with Crippen LogP contribution in [0.4, 0.5) is 5.82 Å². The van der Waals surface area contributed by atoms with Gasteiger partial charge in [0.2, 0.25) is 0 Å². The number of rotatable bonds is 7. The number of likely N-dealkylation sites (tertiary alicyclic amines) is 1. The molecule has 7 heteroatoms. The fourth-order valence-corrected chi connectivity index (χ4v) is 4.01. The van der Waals surface area contributed by atoms with Crippen molar-refractivity contribution < 1.29 is 9.53 Å². The zero-order chi connectivity index (χ0) is 21.7. The third kappa shape index (κ3) is 5.64. The number of carbonyl (C=O) groups excluding carboxylic acids is 1. The molecule has 0 bridgehead atoms. The molecular weight excluding hydrogens is 400 g/mol. The third-order valence-electron chi connectivity index (χ3n) is 5.36. The Morgan fingerprint density at radius 3 is 2.67 bits per heavy atom. The van der Waals surface area contributed by atoms with E-state index in [4.69, 9.17) is 16.3 Å². The first-order chi connectivity index (χ1) is 14.4. The Kier molecular flexibility index (Phi) is 7.56. The maximum atomic E-state index is 12.6. The van der Waals surface area contributed by atoms with Gasteiger partial charge >= 0.3 is 0 Å². The van der Waals surface area contributed by atoms with E-state index in [0.29, 0.717) is 17.2 Å². The number of ether oxygens (including phenoxy) is 1. The van der Waals surface area contributed by atoms with Crippen molar-refractivity contribution in [2.45, 2.75) is 39.3 Å². The van der Waals surface area contributed by atoms with Crippen molar-refractivity contribution >= 4 is 23.3 Å². The summed E-state index contributed by atoms with van der Waals surface area (Å²) in [6.07, 6.45) is 3.52. The molecule has 0 atom stereocenters. The molecule has 1 N–H and O–H groups in total. The standard InChI is InChI=1S/C23H31ClN4O2/c1-5-30-21-13-17(6-7-20(21)24)15-28-10-8-19(9-11-28)26-23(29)18-12-16(2)22(25-14-18)27(3)4/h6-7,12-14,19H,5,8-11,15H2,1-4H3,(H,26,29). The van der Waals surface area contributed by atoms with E-state index in [-0.39, 0.29) is 11.9 Å². The molecule has 0 aliphatic carbocycles. The Bertz CT molecular complexity index is 880. The largest absolute Gasteiger partial charge is 0.492 e. The summed E-state index contributed by atoms with van der Waals surface area (Å²) in [5, 5.41) is 3.82. The van der Waals surface area contributed by atoms with Gasteiger partial charge in [-0.1, -0.05) is 17.7 Å². The Morgan fingerprint density at radius 1 is 1.30 bits per heavy atom. The van der Waals surface area contributed by atoms with Crippen LogP contribution in [0.15, 0.2) is 30.5 Å². The number of carbonyl (C=O) groups is 1. The topological polar surface area (TPSA) is 57.7 Å². The highest BCUT2D eigenvalue weighted by molar-refractivity contribution is 6.32. The maximum absolute atomic E-state index is 12.6. The van der Waals surface area contributed by atoms with Gasteiger partial charge in [-0.3, -0.25) is 9.69 Å².